The van der Waals surface area contributed by atoms with Crippen molar-refractivity contribution in [3.05, 3.63) is 312 Å². The number of halogens is 3. The van der Waals surface area contributed by atoms with Gasteiger partial charge in [-0.15, -0.1) is 0 Å². The molecule has 0 saturated carbocycles. The summed E-state index contributed by atoms with van der Waals surface area (Å²) in [6.07, 6.45) is 28.3. The first kappa shape index (κ1) is 100. The van der Waals surface area contributed by atoms with Crippen LogP contribution in [0.5, 0.6) is 0 Å². The second-order valence-electron chi connectivity index (χ2n) is 41.8. The first-order valence-electron chi connectivity index (χ1n) is 52.5. The number of hydrogen-bond donors (Lipinski definition) is 2. The van der Waals surface area contributed by atoms with E-state index in [0.717, 1.165) is 164 Å². The molecule has 15 aromatic rings. The van der Waals surface area contributed by atoms with Crippen LogP contribution in [-0.2, 0) is 64.8 Å². The second kappa shape index (κ2) is 48.6. The Morgan fingerprint density at radius 2 is 0.676 bits per heavy atom. The van der Waals surface area contributed by atoms with E-state index in [0.29, 0.717) is 11.8 Å². The molecular weight excluding hydrogens is 1770 g/mol. The predicted molar refractivity (Wildman–Crippen MR) is 582 cm³/mol. The number of nitrogens with zero attached hydrogens (tertiary/aromatic N) is 15. The number of benzene rings is 9. The van der Waals surface area contributed by atoms with Gasteiger partial charge in [0.2, 0.25) is 0 Å². The van der Waals surface area contributed by atoms with Crippen LogP contribution in [0.2, 0.25) is 15.1 Å². The van der Waals surface area contributed by atoms with E-state index in [1.807, 2.05) is 36.4 Å². The van der Waals surface area contributed by atoms with Gasteiger partial charge in [0.25, 0.3) is 0 Å². The second-order valence-corrected chi connectivity index (χ2v) is 43.1. The van der Waals surface area contributed by atoms with Gasteiger partial charge in [-0.25, -0.2) is 29.9 Å². The van der Waals surface area contributed by atoms with Gasteiger partial charge in [-0.1, -0.05) is 168 Å². The summed E-state index contributed by atoms with van der Waals surface area (Å²) in [6.45, 7) is 41.0. The van der Waals surface area contributed by atoms with Crippen LogP contribution in [0.15, 0.2) is 206 Å². The van der Waals surface area contributed by atoms with Crippen molar-refractivity contribution in [2.24, 2.45) is 17.8 Å². The predicted octanol–water partition coefficient (Wildman–Crippen LogP) is 26.0. The minimum atomic E-state index is 0.266. The van der Waals surface area contributed by atoms with E-state index >= 15 is 0 Å². The molecule has 139 heavy (non-hydrogen) atoms. The van der Waals surface area contributed by atoms with Gasteiger partial charge in [-0.3, -0.25) is 4.90 Å². The van der Waals surface area contributed by atoms with Crippen LogP contribution in [0.4, 0.5) is 5.82 Å². The molecule has 6 fully saturated rings. The quantitative estimate of drug-likeness (QED) is 0.0499. The van der Waals surface area contributed by atoms with Crippen molar-refractivity contribution in [1.29, 1.82) is 0 Å². The fraction of sp³-hybridized carbons (Fsp3) is 0.462. The number of fused-ring (bicyclic) bond motifs is 5. The molecule has 732 valence electrons. The third-order valence-corrected chi connectivity index (χ3v) is 30.9. The summed E-state index contributed by atoms with van der Waals surface area (Å²) < 4.78 is 12.0. The standard InChI is InChI=1S/C26H34ClN3.C26H35N5.C24H31N3.C22H26ClN3.C21H24ClN3/c1-18-14-23-24(15-19(18)2)30(17-21-6-8-22(27)9-7-21)25(28-23)16-20-10-12-29(13-11-20)26(3,4)5;1-20-6-8-22(9-7-20)19-31-25(18-21-12-14-27-15-13-21)28-23-10-11-24(29-26(23)31)30-16-4-2-3-5-17-30;1-17-6-8-21(9-7-17)16-27-23-14-19(3)18(2)13-22(23)26-24(27)15-20-5-4-11-25-12-10-20;23-19-12-10-18(11-13-19)17-26-21-8-2-1-7-20(21)24-22(26)9-3-4-14-25-15-5-6-16-25;22-18-11-9-17(10-12-18)16-25-20-7-2-1-6-19(20)23-21(25)8-5-15-24-13-3-4-14-24/h6-9,14-15,20H,10-13,16-17H2,1-5H3;6-11,21,27H,2-5,12-19H2,1H3;6-9,13-14,20,25H,4-5,10-12,15-16H2,1-3H3;1-2,7-8,10-13H,3-6,9,14-17H2;1-2,6-7,9-12H,3-5,8,13-16H2. The molecule has 6 aromatic heterocycles. The molecule has 17 nitrogen and oxygen atoms in total. The summed E-state index contributed by atoms with van der Waals surface area (Å²) in [4.78, 5) is 40.6. The Morgan fingerprint density at radius 3 is 1.14 bits per heavy atom. The molecule has 2 N–H and O–H groups in total. The van der Waals surface area contributed by atoms with E-state index in [9.17, 15) is 0 Å². The van der Waals surface area contributed by atoms with Gasteiger partial charge >= 0.3 is 0 Å². The lowest BCUT2D eigenvalue weighted by molar-refractivity contribution is 0.0869. The number of nitrogens with one attached hydrogen (secondary N) is 2. The maximum Gasteiger partial charge on any atom is 0.162 e. The summed E-state index contributed by atoms with van der Waals surface area (Å²) in [5.74, 6) is 9.32. The average molecular weight is 1920 g/mol. The molecule has 1 atom stereocenters. The SMILES string of the molecule is Cc1cc2nc(CC3CCN(C(C)(C)C)CC3)n(Cc3ccc(Cl)cc3)c2cc1C.Cc1ccc(Cn2c(CC3CCCNCC3)nc3cc(C)c(C)cc32)cc1.Cc1ccc(Cn2c(CC3CCNCC3)nc3ccc(N4CCCCCC4)nc32)cc1.Clc1ccc(Cn2c(CCCCN3CCCC3)nc3ccccc32)cc1.Clc1ccc(Cn2c(CCCN3CCCC3)nc3ccccc32)cc1. The number of pyridine rings is 1. The smallest absolute Gasteiger partial charge is 0.162 e. The number of aromatic nitrogens is 11. The zero-order valence-electron chi connectivity index (χ0n) is 84.4. The molecular formula is C119H150Cl3N17. The van der Waals surface area contributed by atoms with Gasteiger partial charge in [-0.05, 0) is 408 Å². The van der Waals surface area contributed by atoms with Crippen LogP contribution in [0.3, 0.4) is 0 Å². The zero-order valence-corrected chi connectivity index (χ0v) is 86.7. The van der Waals surface area contributed by atoms with Crippen molar-refractivity contribution < 1.29 is 0 Å². The molecule has 0 aliphatic carbocycles. The highest BCUT2D eigenvalue weighted by atomic mass is 35.5. The maximum absolute atomic E-state index is 6.11. The summed E-state index contributed by atoms with van der Waals surface area (Å²) in [5.41, 5.74) is 26.1. The Bertz CT molecular complexity index is 6410. The molecule has 21 rings (SSSR count). The van der Waals surface area contributed by atoms with Crippen LogP contribution in [0, 0.1) is 59.3 Å². The minimum absolute atomic E-state index is 0.266. The summed E-state index contributed by atoms with van der Waals surface area (Å²) >= 11 is 18.2. The van der Waals surface area contributed by atoms with Crippen molar-refractivity contribution in [3.63, 3.8) is 0 Å². The van der Waals surface area contributed by atoms with E-state index in [1.54, 1.807) is 0 Å². The third-order valence-electron chi connectivity index (χ3n) is 30.2. The van der Waals surface area contributed by atoms with Crippen LogP contribution >= 0.6 is 34.8 Å². The molecule has 0 bridgehead atoms. The van der Waals surface area contributed by atoms with Crippen LogP contribution in [0.1, 0.15) is 227 Å². The lowest BCUT2D eigenvalue weighted by atomic mass is 9.90. The molecule has 6 aliphatic heterocycles. The Morgan fingerprint density at radius 1 is 0.309 bits per heavy atom. The van der Waals surface area contributed by atoms with E-state index in [-0.39, 0.29) is 5.54 Å². The fourth-order valence-electron chi connectivity index (χ4n) is 21.5. The molecule has 6 saturated heterocycles. The van der Waals surface area contributed by atoms with Crippen molar-refractivity contribution in [1.82, 2.24) is 78.1 Å². The third kappa shape index (κ3) is 27.4. The maximum atomic E-state index is 6.11. The van der Waals surface area contributed by atoms with Gasteiger partial charge in [0.1, 0.15) is 40.5 Å². The number of aryl methyl sites for hydroxylation is 8. The summed E-state index contributed by atoms with van der Waals surface area (Å²) in [6, 6.07) is 72.7. The lowest BCUT2D eigenvalue weighted by Crippen LogP contribution is -2.46. The molecule has 12 heterocycles. The van der Waals surface area contributed by atoms with E-state index in [2.05, 4.69) is 285 Å². The van der Waals surface area contributed by atoms with Crippen molar-refractivity contribution in [3.8, 4) is 0 Å². The molecule has 0 spiro atoms. The Hall–Kier alpha value is -10.1. The largest absolute Gasteiger partial charge is 0.357 e. The molecule has 6 aliphatic rings. The topological polar surface area (TPSA) is 139 Å². The van der Waals surface area contributed by atoms with Gasteiger partial charge in [0.05, 0.1) is 50.7 Å². The zero-order chi connectivity index (χ0) is 96.1. The van der Waals surface area contributed by atoms with Crippen LogP contribution in [-0.4, -0.2) is 165 Å². The minimum Gasteiger partial charge on any atom is -0.357 e. The Labute approximate surface area is 842 Å². The first-order valence-corrected chi connectivity index (χ1v) is 53.7. The van der Waals surface area contributed by atoms with E-state index < -0.39 is 0 Å². The van der Waals surface area contributed by atoms with Crippen LogP contribution < -0.4 is 15.5 Å². The molecule has 0 amide bonds. The highest BCUT2D eigenvalue weighted by Gasteiger charge is 2.30. The molecule has 9 aromatic carbocycles. The lowest BCUT2D eigenvalue weighted by Gasteiger charge is -2.40. The van der Waals surface area contributed by atoms with E-state index in [4.69, 9.17) is 64.7 Å². The molecule has 0 radical (unpaired) electrons. The molecule has 20 heteroatoms. The molecule has 1 unspecified atom stereocenters. The highest BCUT2D eigenvalue weighted by Crippen LogP contribution is 2.35. The highest BCUT2D eigenvalue weighted by molar-refractivity contribution is 6.31. The fourth-order valence-corrected chi connectivity index (χ4v) is 21.8. The van der Waals surface area contributed by atoms with Gasteiger partial charge in [-0.2, -0.15) is 0 Å². The summed E-state index contributed by atoms with van der Waals surface area (Å²) in [7, 11) is 0. The first-order chi connectivity index (χ1) is 67.6. The van der Waals surface area contributed by atoms with Crippen molar-refractivity contribution in [2.75, 3.05) is 96.5 Å². The Balaban J connectivity index is 0.000000120. The normalized spacial score (nSPS) is 16.7. The van der Waals surface area contributed by atoms with Crippen LogP contribution in [0.25, 0.3) is 55.3 Å². The van der Waals surface area contributed by atoms with Crippen molar-refractivity contribution in [2.45, 2.75) is 248 Å². The summed E-state index contributed by atoms with van der Waals surface area (Å²) in [5, 5.41) is 9.38. The number of imidazole rings is 5. The Kier molecular flexibility index (Phi) is 35.1. The number of piperidine rings is 2. The van der Waals surface area contributed by atoms with Crippen molar-refractivity contribution >= 4 is 95.9 Å². The number of anilines is 1. The average Bonchev–Trinajstić information content (AvgIpc) is 1.47. The van der Waals surface area contributed by atoms with Gasteiger partial charge in [0.15, 0.2) is 5.65 Å². The number of unbranched alkanes of at least 4 members (excludes halogenated alkanes) is 1. The van der Waals surface area contributed by atoms with E-state index in [1.165, 1.54) is 280 Å². The number of rotatable bonds is 26. The number of hydrogen-bond acceptors (Lipinski definition) is 12. The number of likely N-dealkylation sites (tertiary alicyclic amines) is 3. The monoisotopic (exact) mass is 1920 g/mol. The number of para-hydroxylation sites is 4. The van der Waals surface area contributed by atoms with Gasteiger partial charge < -0.3 is 48.2 Å². The van der Waals surface area contributed by atoms with Gasteiger partial charge in [0, 0.05) is 92.0 Å².